The Hall–Kier alpha value is -2.09. The lowest BCUT2D eigenvalue weighted by molar-refractivity contribution is -0.126. The molecule has 0 radical (unpaired) electrons. The summed E-state index contributed by atoms with van der Waals surface area (Å²) in [7, 11) is -2.19. The van der Waals surface area contributed by atoms with Crippen molar-refractivity contribution in [1.82, 2.24) is 9.62 Å². The van der Waals surface area contributed by atoms with E-state index in [1.807, 2.05) is 37.3 Å². The molecule has 0 unspecified atom stereocenters. The highest BCUT2D eigenvalue weighted by Crippen LogP contribution is 2.30. The summed E-state index contributed by atoms with van der Waals surface area (Å²) in [5, 5.41) is 3.28. The van der Waals surface area contributed by atoms with Crippen LogP contribution >= 0.6 is 11.6 Å². The number of ether oxygens (including phenoxy) is 1. The Balaban J connectivity index is 1.61. The highest BCUT2D eigenvalue weighted by atomic mass is 35.5. The van der Waals surface area contributed by atoms with E-state index in [2.05, 4.69) is 5.32 Å². The number of piperidine rings is 1. The van der Waals surface area contributed by atoms with Crippen molar-refractivity contribution in [2.24, 2.45) is 5.92 Å². The fraction of sp³-hybridized carbons (Fsp3) is 0.381. The highest BCUT2D eigenvalue weighted by Gasteiger charge is 2.32. The lowest BCUT2D eigenvalue weighted by atomic mass is 9.96. The van der Waals surface area contributed by atoms with Crippen LogP contribution in [0.3, 0.4) is 0 Å². The van der Waals surface area contributed by atoms with Gasteiger partial charge in [0.15, 0.2) is 0 Å². The second-order valence-electron chi connectivity index (χ2n) is 7.12. The molecular formula is C21H25ClN2O4S. The third kappa shape index (κ3) is 4.91. The lowest BCUT2D eigenvalue weighted by Gasteiger charge is -2.31. The van der Waals surface area contributed by atoms with Gasteiger partial charge in [-0.3, -0.25) is 4.79 Å². The number of hydrogen-bond donors (Lipinski definition) is 1. The molecule has 8 heteroatoms. The van der Waals surface area contributed by atoms with Crippen LogP contribution in [0, 0.1) is 5.92 Å². The molecule has 6 nitrogen and oxygen atoms in total. The van der Waals surface area contributed by atoms with Gasteiger partial charge in [-0.1, -0.05) is 41.9 Å². The fourth-order valence-corrected chi connectivity index (χ4v) is 5.29. The number of carbonyl (C=O) groups is 1. The second-order valence-corrected chi connectivity index (χ2v) is 9.46. The zero-order valence-corrected chi connectivity index (χ0v) is 18.0. The SMILES string of the molecule is COc1ccc(S(=O)(=O)N2CCC(C(=O)N[C@H](C)c3ccccc3)CC2)cc1Cl. The van der Waals surface area contributed by atoms with Crippen LogP contribution in [0.4, 0.5) is 0 Å². The summed E-state index contributed by atoms with van der Waals surface area (Å²) >= 11 is 6.08. The minimum Gasteiger partial charge on any atom is -0.495 e. The molecule has 0 aliphatic carbocycles. The van der Waals surface area contributed by atoms with Crippen LogP contribution in [0.2, 0.25) is 5.02 Å². The predicted molar refractivity (Wildman–Crippen MR) is 112 cm³/mol. The average molecular weight is 437 g/mol. The van der Waals surface area contributed by atoms with E-state index in [1.54, 1.807) is 6.07 Å². The molecule has 0 bridgehead atoms. The number of methoxy groups -OCH3 is 1. The number of rotatable bonds is 6. The van der Waals surface area contributed by atoms with Gasteiger partial charge < -0.3 is 10.1 Å². The number of nitrogens with zero attached hydrogens (tertiary/aromatic N) is 1. The monoisotopic (exact) mass is 436 g/mol. The number of hydrogen-bond acceptors (Lipinski definition) is 4. The molecule has 29 heavy (non-hydrogen) atoms. The quantitative estimate of drug-likeness (QED) is 0.750. The summed E-state index contributed by atoms with van der Waals surface area (Å²) in [6, 6.07) is 14.1. The first-order valence-corrected chi connectivity index (χ1v) is 11.3. The summed E-state index contributed by atoms with van der Waals surface area (Å²) in [5.74, 6) is 0.187. The van der Waals surface area contributed by atoms with Gasteiger partial charge in [0, 0.05) is 19.0 Å². The highest BCUT2D eigenvalue weighted by molar-refractivity contribution is 7.89. The van der Waals surface area contributed by atoms with Gasteiger partial charge in [-0.25, -0.2) is 8.42 Å². The molecule has 1 heterocycles. The molecule has 156 valence electrons. The van der Waals surface area contributed by atoms with E-state index in [-0.39, 0.29) is 27.8 Å². The van der Waals surface area contributed by atoms with E-state index >= 15 is 0 Å². The number of halogens is 1. The number of nitrogens with one attached hydrogen (secondary N) is 1. The van der Waals surface area contributed by atoms with Crippen LogP contribution in [0.1, 0.15) is 31.4 Å². The summed E-state index contributed by atoms with van der Waals surface area (Å²) in [6.07, 6.45) is 0.965. The van der Waals surface area contributed by atoms with Crippen molar-refractivity contribution in [3.05, 3.63) is 59.1 Å². The Morgan fingerprint density at radius 1 is 1.17 bits per heavy atom. The number of benzene rings is 2. The Morgan fingerprint density at radius 2 is 1.83 bits per heavy atom. The predicted octanol–water partition coefficient (Wildman–Crippen LogP) is 3.63. The average Bonchev–Trinajstić information content (AvgIpc) is 2.74. The fourth-order valence-electron chi connectivity index (χ4n) is 3.47. The molecule has 1 atom stereocenters. The number of carbonyl (C=O) groups excluding carboxylic acids is 1. The summed E-state index contributed by atoms with van der Waals surface area (Å²) in [6.45, 7) is 2.54. The smallest absolute Gasteiger partial charge is 0.243 e. The molecule has 0 spiro atoms. The van der Waals surface area contributed by atoms with Gasteiger partial charge in [0.1, 0.15) is 5.75 Å². The molecule has 1 N–H and O–H groups in total. The second kappa shape index (κ2) is 9.15. The molecule has 0 saturated carbocycles. The lowest BCUT2D eigenvalue weighted by Crippen LogP contribution is -2.43. The van der Waals surface area contributed by atoms with Crippen LogP contribution in [0.15, 0.2) is 53.4 Å². The molecule has 2 aromatic carbocycles. The van der Waals surface area contributed by atoms with Gasteiger partial charge in [-0.05, 0) is 43.5 Å². The molecule has 1 saturated heterocycles. The molecule has 1 aliphatic rings. The number of sulfonamides is 1. The van der Waals surface area contributed by atoms with Crippen molar-refractivity contribution < 1.29 is 17.9 Å². The van der Waals surface area contributed by atoms with Crippen LogP contribution in [0.25, 0.3) is 0 Å². The minimum atomic E-state index is -3.66. The third-order valence-corrected chi connectivity index (χ3v) is 7.43. The van der Waals surface area contributed by atoms with Crippen molar-refractivity contribution in [3.8, 4) is 5.75 Å². The first kappa shape index (κ1) is 21.6. The van der Waals surface area contributed by atoms with Gasteiger partial charge in [0.2, 0.25) is 15.9 Å². The molecule has 3 rings (SSSR count). The van der Waals surface area contributed by atoms with E-state index in [4.69, 9.17) is 16.3 Å². The van der Waals surface area contributed by atoms with E-state index < -0.39 is 10.0 Å². The maximum atomic E-state index is 12.9. The molecule has 0 aromatic heterocycles. The van der Waals surface area contributed by atoms with Crippen LogP contribution < -0.4 is 10.1 Å². The van der Waals surface area contributed by atoms with Crippen molar-refractivity contribution in [1.29, 1.82) is 0 Å². The van der Waals surface area contributed by atoms with Crippen LogP contribution in [-0.4, -0.2) is 38.8 Å². The zero-order valence-electron chi connectivity index (χ0n) is 16.5. The standard InChI is InChI=1S/C21H25ClN2O4S/c1-15(16-6-4-3-5-7-16)23-21(25)17-10-12-24(13-11-17)29(26,27)18-8-9-20(28-2)19(22)14-18/h3-9,14-15,17H,10-13H2,1-2H3,(H,23,25)/t15-/m1/s1. The summed E-state index contributed by atoms with van der Waals surface area (Å²) < 4.78 is 32.3. The van der Waals surface area contributed by atoms with Gasteiger partial charge in [-0.15, -0.1) is 0 Å². The molecular weight excluding hydrogens is 412 g/mol. The van der Waals surface area contributed by atoms with E-state index in [9.17, 15) is 13.2 Å². The molecule has 1 fully saturated rings. The molecule has 2 aromatic rings. The van der Waals surface area contributed by atoms with Crippen molar-refractivity contribution in [2.45, 2.75) is 30.7 Å². The van der Waals surface area contributed by atoms with Crippen LogP contribution in [0.5, 0.6) is 5.75 Å². The largest absolute Gasteiger partial charge is 0.495 e. The van der Waals surface area contributed by atoms with Crippen molar-refractivity contribution in [2.75, 3.05) is 20.2 Å². The van der Waals surface area contributed by atoms with E-state index in [1.165, 1.54) is 23.5 Å². The zero-order chi connectivity index (χ0) is 21.0. The summed E-state index contributed by atoms with van der Waals surface area (Å²) in [4.78, 5) is 12.7. The van der Waals surface area contributed by atoms with Crippen molar-refractivity contribution in [3.63, 3.8) is 0 Å². The topological polar surface area (TPSA) is 75.7 Å². The van der Waals surface area contributed by atoms with Gasteiger partial charge in [0.25, 0.3) is 0 Å². The molecule has 1 aliphatic heterocycles. The van der Waals surface area contributed by atoms with Gasteiger partial charge in [0.05, 0.1) is 23.1 Å². The Labute approximate surface area is 176 Å². The minimum absolute atomic E-state index is 0.0362. The van der Waals surface area contributed by atoms with Crippen molar-refractivity contribution >= 4 is 27.5 Å². The van der Waals surface area contributed by atoms with Gasteiger partial charge >= 0.3 is 0 Å². The number of amides is 1. The van der Waals surface area contributed by atoms with E-state index in [0.717, 1.165) is 5.56 Å². The Bertz CT molecular complexity index is 958. The third-order valence-electron chi connectivity index (χ3n) is 5.24. The summed E-state index contributed by atoms with van der Waals surface area (Å²) in [5.41, 5.74) is 1.04. The normalized spacial score (nSPS) is 16.9. The van der Waals surface area contributed by atoms with E-state index in [0.29, 0.717) is 31.7 Å². The maximum Gasteiger partial charge on any atom is 0.243 e. The van der Waals surface area contributed by atoms with Crippen LogP contribution in [-0.2, 0) is 14.8 Å². The Morgan fingerprint density at radius 3 is 2.41 bits per heavy atom. The first-order valence-electron chi connectivity index (χ1n) is 9.52. The first-order chi connectivity index (χ1) is 13.8. The maximum absolute atomic E-state index is 12.9. The molecule has 1 amide bonds. The van der Waals surface area contributed by atoms with Gasteiger partial charge in [-0.2, -0.15) is 4.31 Å². The Kier molecular flexibility index (Phi) is 6.82.